The van der Waals surface area contributed by atoms with Crippen LogP contribution in [0, 0.1) is 5.82 Å². The van der Waals surface area contributed by atoms with Crippen LogP contribution in [0.2, 0.25) is 0 Å². The second-order valence-corrected chi connectivity index (χ2v) is 8.20. The van der Waals surface area contributed by atoms with Crippen LogP contribution >= 0.6 is 0 Å². The van der Waals surface area contributed by atoms with Gasteiger partial charge in [-0.15, -0.1) is 0 Å². The Morgan fingerprint density at radius 1 is 1.06 bits per heavy atom. The third kappa shape index (κ3) is 6.28. The molecule has 0 aliphatic carbocycles. The van der Waals surface area contributed by atoms with E-state index in [1.165, 1.54) is 12.1 Å². The number of halogens is 1. The highest BCUT2D eigenvalue weighted by molar-refractivity contribution is 5.76. The Kier molecular flexibility index (Phi) is 7.54. The molecular weight excluding hydrogens is 397 g/mol. The van der Waals surface area contributed by atoms with Crippen molar-refractivity contribution >= 4 is 5.91 Å². The Morgan fingerprint density at radius 2 is 1.97 bits per heavy atom. The lowest BCUT2D eigenvalue weighted by Crippen LogP contribution is -2.34. The Labute approximate surface area is 183 Å². The summed E-state index contributed by atoms with van der Waals surface area (Å²) < 4.78 is 31.1. The lowest BCUT2D eigenvalue weighted by atomic mass is 10.0. The fourth-order valence-corrected chi connectivity index (χ4v) is 4.20. The highest BCUT2D eigenvalue weighted by Crippen LogP contribution is 2.24. The minimum absolute atomic E-state index is 0.125. The zero-order chi connectivity index (χ0) is 21.5. The van der Waals surface area contributed by atoms with Crippen LogP contribution < -0.4 is 4.74 Å². The molecule has 1 atom stereocenters. The maximum Gasteiger partial charge on any atom is 0.223 e. The summed E-state index contributed by atoms with van der Waals surface area (Å²) in [5, 5.41) is 0. The van der Waals surface area contributed by atoms with Crippen LogP contribution in [0.15, 0.2) is 42.5 Å². The average Bonchev–Trinajstić information content (AvgIpc) is 3.28. The molecule has 2 aliphatic rings. The quantitative estimate of drug-likeness (QED) is 0.740. The van der Waals surface area contributed by atoms with Crippen LogP contribution in [0.3, 0.4) is 0 Å². The molecule has 2 aromatic rings. The van der Waals surface area contributed by atoms with Crippen molar-refractivity contribution in [2.75, 3.05) is 33.0 Å². The summed E-state index contributed by atoms with van der Waals surface area (Å²) in [5.41, 5.74) is 2.92. The average molecular weight is 428 g/mol. The Balaban J connectivity index is 1.50. The molecule has 0 saturated carbocycles. The summed E-state index contributed by atoms with van der Waals surface area (Å²) in [6.45, 7) is 3.12. The summed E-state index contributed by atoms with van der Waals surface area (Å²) in [6, 6.07) is 12.7. The first-order chi connectivity index (χ1) is 15.2. The van der Waals surface area contributed by atoms with Gasteiger partial charge in [0, 0.05) is 38.1 Å². The second kappa shape index (κ2) is 10.7. The van der Waals surface area contributed by atoms with E-state index in [0.717, 1.165) is 42.6 Å². The van der Waals surface area contributed by atoms with Gasteiger partial charge in [-0.2, -0.15) is 0 Å². The molecule has 0 spiro atoms. The molecule has 1 fully saturated rings. The molecule has 5 nitrogen and oxygen atoms in total. The number of amides is 1. The number of hydrogen-bond donors (Lipinski definition) is 0. The maximum absolute atomic E-state index is 13.8. The predicted molar refractivity (Wildman–Crippen MR) is 116 cm³/mol. The van der Waals surface area contributed by atoms with E-state index in [-0.39, 0.29) is 17.8 Å². The molecule has 166 valence electrons. The van der Waals surface area contributed by atoms with E-state index in [0.29, 0.717) is 51.5 Å². The standard InChI is InChI=1S/C25H30FNO4/c26-22-6-8-24-21(17-22)16-19-3-1-4-20(15-19)18-27(10-12-29-13-14-31-24)25(28)9-7-23-5-2-11-30-23/h1,3-4,6,8,15,17,23H,2,5,7,9-14,16,18H2. The summed E-state index contributed by atoms with van der Waals surface area (Å²) in [5.74, 6) is 0.526. The van der Waals surface area contributed by atoms with Gasteiger partial charge in [0.25, 0.3) is 0 Å². The van der Waals surface area contributed by atoms with Crippen molar-refractivity contribution in [2.45, 2.75) is 44.8 Å². The molecule has 2 aliphatic heterocycles. The molecule has 2 heterocycles. The van der Waals surface area contributed by atoms with E-state index < -0.39 is 0 Å². The van der Waals surface area contributed by atoms with E-state index in [9.17, 15) is 9.18 Å². The topological polar surface area (TPSA) is 48.0 Å². The van der Waals surface area contributed by atoms with E-state index in [4.69, 9.17) is 14.2 Å². The highest BCUT2D eigenvalue weighted by atomic mass is 19.1. The summed E-state index contributed by atoms with van der Waals surface area (Å²) in [7, 11) is 0. The van der Waals surface area contributed by atoms with Gasteiger partial charge >= 0.3 is 0 Å². The van der Waals surface area contributed by atoms with Crippen LogP contribution in [0.4, 0.5) is 4.39 Å². The first-order valence-corrected chi connectivity index (χ1v) is 11.1. The Bertz CT molecular complexity index is 882. The smallest absolute Gasteiger partial charge is 0.223 e. The molecule has 31 heavy (non-hydrogen) atoms. The van der Waals surface area contributed by atoms with E-state index in [1.807, 2.05) is 23.1 Å². The van der Waals surface area contributed by atoms with Gasteiger partial charge in [-0.3, -0.25) is 4.79 Å². The van der Waals surface area contributed by atoms with Crippen LogP contribution in [0.25, 0.3) is 0 Å². The molecule has 2 aromatic carbocycles. The molecule has 0 aromatic heterocycles. The third-order valence-electron chi connectivity index (χ3n) is 5.83. The summed E-state index contributed by atoms with van der Waals surface area (Å²) >= 11 is 0. The maximum atomic E-state index is 13.8. The normalized spacial score (nSPS) is 19.9. The van der Waals surface area contributed by atoms with Crippen molar-refractivity contribution in [1.82, 2.24) is 4.90 Å². The second-order valence-electron chi connectivity index (χ2n) is 8.20. The number of ether oxygens (including phenoxy) is 3. The number of fused-ring (bicyclic) bond motifs is 3. The van der Waals surface area contributed by atoms with Gasteiger partial charge in [0.15, 0.2) is 0 Å². The molecule has 4 rings (SSSR count). The molecule has 6 heteroatoms. The molecule has 0 N–H and O–H groups in total. The third-order valence-corrected chi connectivity index (χ3v) is 5.83. The molecule has 0 radical (unpaired) electrons. The monoisotopic (exact) mass is 427 g/mol. The Hall–Kier alpha value is -2.44. The number of carbonyl (C=O) groups is 1. The van der Waals surface area contributed by atoms with Crippen molar-refractivity contribution < 1.29 is 23.4 Å². The van der Waals surface area contributed by atoms with Gasteiger partial charge in [0.1, 0.15) is 18.2 Å². The van der Waals surface area contributed by atoms with Crippen molar-refractivity contribution in [2.24, 2.45) is 0 Å². The molecule has 2 bridgehead atoms. The molecule has 1 saturated heterocycles. The van der Waals surface area contributed by atoms with Crippen LogP contribution in [0.5, 0.6) is 5.75 Å². The van der Waals surface area contributed by atoms with Crippen molar-refractivity contribution in [3.63, 3.8) is 0 Å². The first kappa shape index (κ1) is 21.8. The number of hydrogen-bond acceptors (Lipinski definition) is 4. The van der Waals surface area contributed by atoms with E-state index in [1.54, 1.807) is 6.07 Å². The zero-order valence-electron chi connectivity index (χ0n) is 17.9. The lowest BCUT2D eigenvalue weighted by Gasteiger charge is -2.24. The lowest BCUT2D eigenvalue weighted by molar-refractivity contribution is -0.133. The summed E-state index contributed by atoms with van der Waals surface area (Å²) in [6.07, 6.45) is 4.15. The largest absolute Gasteiger partial charge is 0.491 e. The van der Waals surface area contributed by atoms with Crippen LogP contribution in [-0.2, 0) is 27.2 Å². The van der Waals surface area contributed by atoms with Gasteiger partial charge in [0.05, 0.1) is 19.3 Å². The predicted octanol–water partition coefficient (Wildman–Crippen LogP) is 4.11. The van der Waals surface area contributed by atoms with Gasteiger partial charge in [-0.1, -0.05) is 24.3 Å². The van der Waals surface area contributed by atoms with Crippen molar-refractivity contribution in [3.8, 4) is 5.75 Å². The fourth-order valence-electron chi connectivity index (χ4n) is 4.20. The van der Waals surface area contributed by atoms with Crippen molar-refractivity contribution in [3.05, 3.63) is 65.0 Å². The minimum atomic E-state index is -0.279. The Morgan fingerprint density at radius 3 is 2.84 bits per heavy atom. The number of benzene rings is 2. The van der Waals surface area contributed by atoms with E-state index in [2.05, 4.69) is 6.07 Å². The highest BCUT2D eigenvalue weighted by Gasteiger charge is 2.20. The summed E-state index contributed by atoms with van der Waals surface area (Å²) in [4.78, 5) is 14.8. The SMILES string of the molecule is O=C(CCC1CCCO1)N1CCOCCOc2ccc(F)cc2Cc2cccc(c2)C1. The van der Waals surface area contributed by atoms with Crippen molar-refractivity contribution in [1.29, 1.82) is 0 Å². The molecular formula is C25H30FNO4. The first-order valence-electron chi connectivity index (χ1n) is 11.1. The molecule has 1 unspecified atom stereocenters. The number of carbonyl (C=O) groups excluding carboxylic acids is 1. The van der Waals surface area contributed by atoms with Crippen LogP contribution in [-0.4, -0.2) is 49.9 Å². The fraction of sp³-hybridized carbons (Fsp3) is 0.480. The van der Waals surface area contributed by atoms with E-state index >= 15 is 0 Å². The number of rotatable bonds is 3. The van der Waals surface area contributed by atoms with Gasteiger partial charge in [-0.05, 0) is 48.6 Å². The van der Waals surface area contributed by atoms with Gasteiger partial charge < -0.3 is 19.1 Å². The van der Waals surface area contributed by atoms with Crippen LogP contribution in [0.1, 0.15) is 42.4 Å². The number of nitrogens with zero attached hydrogens (tertiary/aromatic N) is 1. The van der Waals surface area contributed by atoms with Gasteiger partial charge in [-0.25, -0.2) is 4.39 Å². The zero-order valence-corrected chi connectivity index (χ0v) is 17.9. The molecule has 1 amide bonds. The minimum Gasteiger partial charge on any atom is -0.491 e. The van der Waals surface area contributed by atoms with Gasteiger partial charge in [0.2, 0.25) is 5.91 Å².